The molecule has 0 atom stereocenters. The normalized spacial score (nSPS) is 11.3. The minimum Gasteiger partial charge on any atom is -0.268 e. The average Bonchev–Trinajstić information content (AvgIpc) is 3.14. The smallest absolute Gasteiger partial charge is 0.266 e. The van der Waals surface area contributed by atoms with E-state index in [2.05, 4.69) is 14.6 Å². The van der Waals surface area contributed by atoms with Crippen LogP contribution in [-0.4, -0.2) is 19.1 Å². The van der Waals surface area contributed by atoms with E-state index < -0.39 is 0 Å². The quantitative estimate of drug-likeness (QED) is 0.577. The SMILES string of the molecule is O=c1c2ccccc2nc(/C=C/c2csnn2)n1-c1ccccc1. The number of para-hydroxylation sites is 2. The fourth-order valence-corrected chi connectivity index (χ4v) is 2.91. The highest BCUT2D eigenvalue weighted by atomic mass is 32.1. The molecule has 6 heteroatoms. The molecule has 116 valence electrons. The Morgan fingerprint density at radius 1 is 0.958 bits per heavy atom. The minimum atomic E-state index is -0.0946. The van der Waals surface area contributed by atoms with Crippen molar-refractivity contribution in [1.29, 1.82) is 0 Å². The lowest BCUT2D eigenvalue weighted by Gasteiger charge is -2.11. The Bertz CT molecular complexity index is 1070. The van der Waals surface area contributed by atoms with Crippen LogP contribution in [0.5, 0.6) is 0 Å². The highest BCUT2D eigenvalue weighted by Crippen LogP contribution is 2.15. The van der Waals surface area contributed by atoms with Crippen LogP contribution in [0.2, 0.25) is 0 Å². The van der Waals surface area contributed by atoms with Crippen molar-refractivity contribution in [1.82, 2.24) is 19.1 Å². The molecule has 0 bridgehead atoms. The van der Waals surface area contributed by atoms with Crippen molar-refractivity contribution < 1.29 is 0 Å². The first-order valence-corrected chi connectivity index (χ1v) is 8.19. The molecule has 0 saturated heterocycles. The molecule has 24 heavy (non-hydrogen) atoms. The number of rotatable bonds is 3. The van der Waals surface area contributed by atoms with E-state index >= 15 is 0 Å². The third-order valence-electron chi connectivity index (χ3n) is 3.60. The second-order valence-corrected chi connectivity index (χ2v) is 5.74. The van der Waals surface area contributed by atoms with Crippen LogP contribution in [-0.2, 0) is 0 Å². The molecule has 0 amide bonds. The van der Waals surface area contributed by atoms with Gasteiger partial charge in [-0.3, -0.25) is 9.36 Å². The fraction of sp³-hybridized carbons (Fsp3) is 0. The molecule has 0 unspecified atom stereocenters. The lowest BCUT2D eigenvalue weighted by molar-refractivity contribution is 0.944. The van der Waals surface area contributed by atoms with Gasteiger partial charge in [0.15, 0.2) is 0 Å². The van der Waals surface area contributed by atoms with Crippen molar-refractivity contribution >= 4 is 34.6 Å². The fourth-order valence-electron chi connectivity index (χ4n) is 2.49. The van der Waals surface area contributed by atoms with Crippen molar-refractivity contribution in [2.24, 2.45) is 0 Å². The van der Waals surface area contributed by atoms with Crippen LogP contribution in [0.3, 0.4) is 0 Å². The number of nitrogens with zero attached hydrogens (tertiary/aromatic N) is 4. The molecule has 0 aliphatic carbocycles. The van der Waals surface area contributed by atoms with Crippen LogP contribution in [0.4, 0.5) is 0 Å². The Kier molecular flexibility index (Phi) is 3.72. The van der Waals surface area contributed by atoms with Crippen LogP contribution in [0.15, 0.2) is 64.8 Å². The van der Waals surface area contributed by atoms with Crippen LogP contribution >= 0.6 is 11.5 Å². The van der Waals surface area contributed by atoms with Gasteiger partial charge < -0.3 is 0 Å². The predicted octanol–water partition coefficient (Wildman–Crippen LogP) is 3.41. The van der Waals surface area contributed by atoms with Gasteiger partial charge in [-0.1, -0.05) is 34.8 Å². The molecule has 0 aliphatic rings. The Labute approximate surface area is 141 Å². The van der Waals surface area contributed by atoms with Crippen LogP contribution in [0, 0.1) is 0 Å². The topological polar surface area (TPSA) is 60.7 Å². The summed E-state index contributed by atoms with van der Waals surface area (Å²) in [5, 5.41) is 6.41. The molecule has 5 nitrogen and oxygen atoms in total. The molecule has 2 aromatic heterocycles. The molecule has 2 heterocycles. The number of fused-ring (bicyclic) bond motifs is 1. The molecule has 0 saturated carbocycles. The maximum atomic E-state index is 13.0. The van der Waals surface area contributed by atoms with Gasteiger partial charge >= 0.3 is 0 Å². The minimum absolute atomic E-state index is 0.0946. The van der Waals surface area contributed by atoms with Gasteiger partial charge in [-0.15, -0.1) is 5.10 Å². The zero-order valence-electron chi connectivity index (χ0n) is 12.5. The third kappa shape index (κ3) is 2.63. The molecule has 0 spiro atoms. The summed E-state index contributed by atoms with van der Waals surface area (Å²) in [6.45, 7) is 0. The Morgan fingerprint density at radius 3 is 2.54 bits per heavy atom. The highest BCUT2D eigenvalue weighted by molar-refractivity contribution is 7.03. The first kappa shape index (κ1) is 14.5. The van der Waals surface area contributed by atoms with E-state index in [1.165, 1.54) is 11.5 Å². The second-order valence-electron chi connectivity index (χ2n) is 5.13. The number of hydrogen-bond donors (Lipinski definition) is 0. The molecule has 2 aromatic carbocycles. The van der Waals surface area contributed by atoms with Gasteiger partial charge in [0.2, 0.25) is 0 Å². The van der Waals surface area contributed by atoms with E-state index in [0.717, 1.165) is 11.4 Å². The summed E-state index contributed by atoms with van der Waals surface area (Å²) in [5.74, 6) is 0.554. The molecular formula is C18H12N4OS. The average molecular weight is 332 g/mol. The summed E-state index contributed by atoms with van der Waals surface area (Å²) in [5.41, 5.74) is 2.09. The van der Waals surface area contributed by atoms with E-state index in [1.54, 1.807) is 22.8 Å². The van der Waals surface area contributed by atoms with Crippen molar-refractivity contribution in [2.75, 3.05) is 0 Å². The van der Waals surface area contributed by atoms with Crippen molar-refractivity contribution in [3.63, 3.8) is 0 Å². The van der Waals surface area contributed by atoms with Gasteiger partial charge in [-0.25, -0.2) is 4.98 Å². The first-order valence-electron chi connectivity index (χ1n) is 7.35. The zero-order valence-corrected chi connectivity index (χ0v) is 13.4. The molecule has 0 N–H and O–H groups in total. The standard InChI is InChI=1S/C18H12N4OS/c23-18-15-8-4-5-9-16(15)19-17(11-10-13-12-24-21-20-13)22(18)14-6-2-1-3-7-14/h1-12H/b11-10+. The van der Waals surface area contributed by atoms with Crippen molar-refractivity contribution in [3.8, 4) is 5.69 Å². The zero-order chi connectivity index (χ0) is 16.4. The van der Waals surface area contributed by atoms with Gasteiger partial charge in [0.05, 0.1) is 22.3 Å². The summed E-state index contributed by atoms with van der Waals surface area (Å²) in [6, 6.07) is 16.8. The summed E-state index contributed by atoms with van der Waals surface area (Å²) in [6.07, 6.45) is 3.59. The third-order valence-corrected chi connectivity index (χ3v) is 4.12. The molecular weight excluding hydrogens is 320 g/mol. The van der Waals surface area contributed by atoms with E-state index in [1.807, 2.05) is 53.9 Å². The predicted molar refractivity (Wildman–Crippen MR) is 96.2 cm³/mol. The Hall–Kier alpha value is -3.12. The van der Waals surface area contributed by atoms with E-state index in [0.29, 0.717) is 16.7 Å². The maximum Gasteiger partial charge on any atom is 0.266 e. The Morgan fingerprint density at radius 2 is 1.75 bits per heavy atom. The maximum absolute atomic E-state index is 13.0. The number of aromatic nitrogens is 4. The van der Waals surface area contributed by atoms with Gasteiger partial charge in [0.25, 0.3) is 5.56 Å². The van der Waals surface area contributed by atoms with Crippen molar-refractivity contribution in [2.45, 2.75) is 0 Å². The molecule has 0 radical (unpaired) electrons. The van der Waals surface area contributed by atoms with Crippen LogP contribution < -0.4 is 5.56 Å². The monoisotopic (exact) mass is 332 g/mol. The van der Waals surface area contributed by atoms with Crippen molar-refractivity contribution in [3.05, 3.63) is 81.8 Å². The lowest BCUT2D eigenvalue weighted by atomic mass is 10.2. The van der Waals surface area contributed by atoms with E-state index in [-0.39, 0.29) is 5.56 Å². The first-order chi connectivity index (χ1) is 11.8. The van der Waals surface area contributed by atoms with Gasteiger partial charge in [-0.05, 0) is 47.9 Å². The van der Waals surface area contributed by atoms with Crippen LogP contribution in [0.1, 0.15) is 11.5 Å². The largest absolute Gasteiger partial charge is 0.268 e. The molecule has 4 rings (SSSR count). The van der Waals surface area contributed by atoms with Gasteiger partial charge in [0, 0.05) is 5.38 Å². The number of hydrogen-bond acceptors (Lipinski definition) is 5. The summed E-state index contributed by atoms with van der Waals surface area (Å²) >= 11 is 1.28. The second kappa shape index (κ2) is 6.17. The van der Waals surface area contributed by atoms with E-state index in [4.69, 9.17) is 0 Å². The van der Waals surface area contributed by atoms with E-state index in [9.17, 15) is 4.79 Å². The summed E-state index contributed by atoms with van der Waals surface area (Å²) < 4.78 is 5.44. The Balaban J connectivity index is 1.98. The molecule has 0 fully saturated rings. The lowest BCUT2D eigenvalue weighted by Crippen LogP contribution is -2.22. The summed E-state index contributed by atoms with van der Waals surface area (Å²) in [7, 11) is 0. The van der Waals surface area contributed by atoms with Crippen LogP contribution in [0.25, 0.3) is 28.7 Å². The van der Waals surface area contributed by atoms with Gasteiger partial charge in [0.1, 0.15) is 5.82 Å². The molecule has 4 aromatic rings. The summed E-state index contributed by atoms with van der Waals surface area (Å²) in [4.78, 5) is 17.6. The number of benzene rings is 2. The molecule has 0 aliphatic heterocycles. The van der Waals surface area contributed by atoms with Gasteiger partial charge in [-0.2, -0.15) is 0 Å². The highest BCUT2D eigenvalue weighted by Gasteiger charge is 2.10.